The van der Waals surface area contributed by atoms with Crippen molar-refractivity contribution in [2.24, 2.45) is 0 Å². The first-order valence-corrected chi connectivity index (χ1v) is 14.3. The van der Waals surface area contributed by atoms with E-state index in [0.29, 0.717) is 55.3 Å². The highest BCUT2D eigenvalue weighted by Gasteiger charge is 2.26. The Balaban J connectivity index is 1.23. The van der Waals surface area contributed by atoms with E-state index in [1.165, 1.54) is 0 Å². The Kier molecular flexibility index (Phi) is 13.5. The minimum Gasteiger partial charge on any atom is -0.494 e. The van der Waals surface area contributed by atoms with Crippen LogP contribution in [0.2, 0.25) is 0 Å². The van der Waals surface area contributed by atoms with E-state index >= 15 is 0 Å². The molecule has 0 N–H and O–H groups in total. The molecule has 0 saturated carbocycles. The molecule has 1 fully saturated rings. The minimum absolute atomic E-state index is 0.0226. The van der Waals surface area contributed by atoms with Crippen molar-refractivity contribution in [2.75, 3.05) is 19.8 Å². The first-order valence-electron chi connectivity index (χ1n) is 14.3. The zero-order valence-corrected chi connectivity index (χ0v) is 23.6. The Labute approximate surface area is 242 Å². The summed E-state index contributed by atoms with van der Waals surface area (Å²) in [6, 6.07) is 13.8. The van der Waals surface area contributed by atoms with E-state index in [-0.39, 0.29) is 12.1 Å². The molecule has 3 rings (SSSR count). The van der Waals surface area contributed by atoms with E-state index in [4.69, 9.17) is 23.7 Å². The third kappa shape index (κ3) is 11.9. The Morgan fingerprint density at radius 1 is 0.780 bits per heavy atom. The summed E-state index contributed by atoms with van der Waals surface area (Å²) in [5.41, 5.74) is 1.03. The lowest BCUT2D eigenvalue weighted by Crippen LogP contribution is -2.08. The van der Waals surface area contributed by atoms with Gasteiger partial charge in [0.1, 0.15) is 23.4 Å². The van der Waals surface area contributed by atoms with Gasteiger partial charge in [-0.3, -0.25) is 0 Å². The fourth-order valence-electron chi connectivity index (χ4n) is 4.25. The van der Waals surface area contributed by atoms with Crippen LogP contribution in [0, 0.1) is 0 Å². The quantitative estimate of drug-likeness (QED) is 0.0798. The number of carbonyl (C=O) groups is 3. The maximum absolute atomic E-state index is 12.5. The number of hydrogen-bond acceptors (Lipinski definition) is 8. The Hall–Kier alpha value is -4.07. The molecule has 0 amide bonds. The molecular formula is C33H40O8. The van der Waals surface area contributed by atoms with Crippen molar-refractivity contribution < 1.29 is 38.1 Å². The van der Waals surface area contributed by atoms with E-state index in [0.717, 1.165) is 63.2 Å². The zero-order valence-electron chi connectivity index (χ0n) is 23.6. The van der Waals surface area contributed by atoms with Crippen LogP contribution in [0.1, 0.15) is 74.6 Å². The molecule has 0 aliphatic carbocycles. The second-order valence-electron chi connectivity index (χ2n) is 9.91. The van der Waals surface area contributed by atoms with Crippen LogP contribution in [0.25, 0.3) is 0 Å². The minimum atomic E-state index is -0.449. The molecule has 1 saturated heterocycles. The highest BCUT2D eigenvalue weighted by Crippen LogP contribution is 2.23. The summed E-state index contributed by atoms with van der Waals surface area (Å²) in [5.74, 6) is 0.685. The van der Waals surface area contributed by atoms with E-state index in [1.54, 1.807) is 48.5 Å². The van der Waals surface area contributed by atoms with Crippen molar-refractivity contribution in [2.45, 2.75) is 70.3 Å². The average Bonchev–Trinajstić information content (AvgIpc) is 3.31. The van der Waals surface area contributed by atoms with E-state index in [9.17, 15) is 14.4 Å². The number of hydrogen-bond donors (Lipinski definition) is 0. The highest BCUT2D eigenvalue weighted by atomic mass is 16.6. The van der Waals surface area contributed by atoms with Crippen LogP contribution in [-0.4, -0.2) is 43.8 Å². The van der Waals surface area contributed by atoms with Crippen LogP contribution in [-0.2, 0) is 19.1 Å². The Morgan fingerprint density at radius 2 is 1.32 bits per heavy atom. The number of carbonyl (C=O) groups excluding carboxylic acids is 3. The molecular weight excluding hydrogens is 524 g/mol. The second-order valence-corrected chi connectivity index (χ2v) is 9.91. The van der Waals surface area contributed by atoms with Crippen LogP contribution in [0.3, 0.4) is 0 Å². The van der Waals surface area contributed by atoms with E-state index < -0.39 is 11.9 Å². The molecule has 2 aromatic carbocycles. The van der Waals surface area contributed by atoms with Crippen LogP contribution in [0.4, 0.5) is 0 Å². The molecule has 1 aliphatic heterocycles. The van der Waals surface area contributed by atoms with Crippen molar-refractivity contribution in [1.29, 1.82) is 0 Å². The van der Waals surface area contributed by atoms with Gasteiger partial charge in [-0.25, -0.2) is 14.4 Å². The molecule has 1 heterocycles. The van der Waals surface area contributed by atoms with Gasteiger partial charge < -0.3 is 23.7 Å². The molecule has 0 spiro atoms. The monoisotopic (exact) mass is 564 g/mol. The molecule has 0 bridgehead atoms. The molecule has 0 aromatic heterocycles. The van der Waals surface area contributed by atoms with E-state index in [1.807, 2.05) is 0 Å². The average molecular weight is 565 g/mol. The second kappa shape index (κ2) is 17.6. The van der Waals surface area contributed by atoms with Gasteiger partial charge in [-0.2, -0.15) is 0 Å². The lowest BCUT2D eigenvalue weighted by atomic mass is 10.0. The molecule has 220 valence electrons. The standard InChI is InChI=1S/C33H40O8/c1-3-31(34)39-23-11-10-22-38-28-17-19-29(20-18-28)40-33(36)26-13-15-27(16-14-26)37-21-9-7-5-4-6-8-12-30-24-25(2)32(35)41-30/h3,13-20,30H,1-2,4-12,21-24H2. The molecule has 1 atom stereocenters. The SMILES string of the molecule is C=CC(=O)OCCCCOc1ccc(OC(=O)c2ccc(OCCCCCCCCC3CC(=C)C(=O)O3)cc2)cc1. The third-order valence-corrected chi connectivity index (χ3v) is 6.57. The largest absolute Gasteiger partial charge is 0.494 e. The first kappa shape index (κ1) is 31.5. The maximum atomic E-state index is 12.5. The number of unbranched alkanes of at least 4 members (excludes halogenated alkanes) is 6. The summed E-state index contributed by atoms with van der Waals surface area (Å²) in [6.07, 6.45) is 10.7. The highest BCUT2D eigenvalue weighted by molar-refractivity contribution is 5.91. The van der Waals surface area contributed by atoms with Crippen LogP contribution in [0.15, 0.2) is 73.3 Å². The van der Waals surface area contributed by atoms with Crippen molar-refractivity contribution in [3.63, 3.8) is 0 Å². The van der Waals surface area contributed by atoms with Crippen LogP contribution < -0.4 is 14.2 Å². The number of cyclic esters (lactones) is 1. The summed E-state index contributed by atoms with van der Waals surface area (Å²) >= 11 is 0. The summed E-state index contributed by atoms with van der Waals surface area (Å²) in [4.78, 5) is 34.8. The van der Waals surface area contributed by atoms with Gasteiger partial charge >= 0.3 is 17.9 Å². The molecule has 41 heavy (non-hydrogen) atoms. The summed E-state index contributed by atoms with van der Waals surface area (Å²) in [6.45, 7) is 8.51. The summed E-state index contributed by atoms with van der Waals surface area (Å²) < 4.78 is 27.1. The van der Waals surface area contributed by atoms with Gasteiger partial charge in [0, 0.05) is 18.1 Å². The first-order chi connectivity index (χ1) is 19.9. The van der Waals surface area contributed by atoms with Crippen molar-refractivity contribution in [3.8, 4) is 17.2 Å². The topological polar surface area (TPSA) is 97.4 Å². The third-order valence-electron chi connectivity index (χ3n) is 6.57. The Bertz CT molecular complexity index is 1120. The van der Waals surface area contributed by atoms with E-state index in [2.05, 4.69) is 13.2 Å². The van der Waals surface area contributed by atoms with Crippen molar-refractivity contribution >= 4 is 17.9 Å². The zero-order chi connectivity index (χ0) is 29.3. The van der Waals surface area contributed by atoms with Crippen LogP contribution >= 0.6 is 0 Å². The predicted molar refractivity (Wildman–Crippen MR) is 155 cm³/mol. The smallest absolute Gasteiger partial charge is 0.343 e. The molecule has 8 nitrogen and oxygen atoms in total. The normalized spacial score (nSPS) is 14.3. The molecule has 8 heteroatoms. The number of ether oxygens (including phenoxy) is 5. The summed E-state index contributed by atoms with van der Waals surface area (Å²) in [7, 11) is 0. The van der Waals surface area contributed by atoms with Gasteiger partial charge in [0.2, 0.25) is 0 Å². The summed E-state index contributed by atoms with van der Waals surface area (Å²) in [5, 5.41) is 0. The number of esters is 3. The van der Waals surface area contributed by atoms with Gasteiger partial charge in [0.05, 0.1) is 25.4 Å². The van der Waals surface area contributed by atoms with Crippen LogP contribution in [0.5, 0.6) is 17.2 Å². The molecule has 0 radical (unpaired) electrons. The number of benzene rings is 2. The van der Waals surface area contributed by atoms with Gasteiger partial charge in [-0.1, -0.05) is 38.8 Å². The fraction of sp³-hybridized carbons (Fsp3) is 0.424. The molecule has 2 aromatic rings. The molecule has 1 unspecified atom stereocenters. The van der Waals surface area contributed by atoms with Gasteiger partial charge in [0.15, 0.2) is 0 Å². The predicted octanol–water partition coefficient (Wildman–Crippen LogP) is 6.78. The molecule has 1 aliphatic rings. The van der Waals surface area contributed by atoms with Crippen molar-refractivity contribution in [3.05, 3.63) is 78.9 Å². The van der Waals surface area contributed by atoms with Gasteiger partial charge in [-0.05, 0) is 80.6 Å². The van der Waals surface area contributed by atoms with Gasteiger partial charge in [0.25, 0.3) is 0 Å². The van der Waals surface area contributed by atoms with Crippen molar-refractivity contribution in [1.82, 2.24) is 0 Å². The lowest BCUT2D eigenvalue weighted by molar-refractivity contribution is -0.139. The Morgan fingerprint density at radius 3 is 1.93 bits per heavy atom. The van der Waals surface area contributed by atoms with Gasteiger partial charge in [-0.15, -0.1) is 0 Å². The fourth-order valence-corrected chi connectivity index (χ4v) is 4.25. The lowest BCUT2D eigenvalue weighted by Gasteiger charge is -2.09. The maximum Gasteiger partial charge on any atom is 0.343 e. The number of rotatable bonds is 19.